The van der Waals surface area contributed by atoms with Crippen molar-refractivity contribution >= 4 is 5.84 Å². The molecule has 2 heterocycles. The van der Waals surface area contributed by atoms with Crippen LogP contribution in [-0.4, -0.2) is 51.2 Å². The first kappa shape index (κ1) is 23.6. The third-order valence-corrected chi connectivity index (χ3v) is 5.33. The summed E-state index contributed by atoms with van der Waals surface area (Å²) in [5.41, 5.74) is 7.38. The normalized spacial score (nSPS) is 11.7. The fraction of sp³-hybridized carbons (Fsp3) is 0.208. The molecule has 1 unspecified atom stereocenters. The molecule has 4 N–H and O–H groups in total. The molecule has 0 saturated heterocycles. The summed E-state index contributed by atoms with van der Waals surface area (Å²) in [6.45, 7) is -0.726. The van der Waals surface area contributed by atoms with Gasteiger partial charge < -0.3 is 15.2 Å². The van der Waals surface area contributed by atoms with Gasteiger partial charge in [0.25, 0.3) is 0 Å². The largest absolute Gasteiger partial charge is 0.497 e. The zero-order chi connectivity index (χ0) is 24.8. The predicted octanol–water partition coefficient (Wildman–Crippen LogP) is 2.37. The molecule has 0 spiro atoms. The van der Waals surface area contributed by atoms with Crippen LogP contribution in [0.1, 0.15) is 28.4 Å². The number of hydrogen-bond acceptors (Lipinski definition) is 7. The van der Waals surface area contributed by atoms with Crippen LogP contribution in [0.15, 0.2) is 65.6 Å². The van der Waals surface area contributed by atoms with E-state index in [1.165, 1.54) is 13.3 Å². The standard InChI is InChI=1S/C24H24FN7O3/c1-34-18-12-17(13-19(14-18)35-10-8-25)20(11-15-4-6-16(7-5-15)22(26)27)23-29-24(33)32(31-23)21-3-2-9-28-30-21/h2-7,9,12-14,20H,8,10-11H2,1H3,(H3,26,27)(H,29,31,33). The van der Waals surface area contributed by atoms with E-state index in [0.29, 0.717) is 29.3 Å². The molecule has 2 aromatic carbocycles. The van der Waals surface area contributed by atoms with Gasteiger partial charge in [-0.15, -0.1) is 10.2 Å². The Morgan fingerprint density at radius 2 is 1.97 bits per heavy atom. The van der Waals surface area contributed by atoms with Gasteiger partial charge in [-0.1, -0.05) is 24.3 Å². The van der Waals surface area contributed by atoms with Gasteiger partial charge in [0.15, 0.2) is 5.82 Å². The van der Waals surface area contributed by atoms with Crippen LogP contribution in [0.2, 0.25) is 0 Å². The van der Waals surface area contributed by atoms with Crippen LogP contribution in [-0.2, 0) is 6.42 Å². The number of H-pyrrole nitrogens is 1. The van der Waals surface area contributed by atoms with Crippen molar-refractivity contribution in [1.82, 2.24) is 25.0 Å². The molecule has 180 valence electrons. The molecular weight excluding hydrogens is 453 g/mol. The van der Waals surface area contributed by atoms with Crippen molar-refractivity contribution in [1.29, 1.82) is 5.41 Å². The van der Waals surface area contributed by atoms with Crippen molar-refractivity contribution in [2.75, 3.05) is 20.4 Å². The average molecular weight is 478 g/mol. The third-order valence-electron chi connectivity index (χ3n) is 5.33. The summed E-state index contributed by atoms with van der Waals surface area (Å²) >= 11 is 0. The molecular formula is C24H24FN7O3. The lowest BCUT2D eigenvalue weighted by Crippen LogP contribution is -2.17. The van der Waals surface area contributed by atoms with Crippen LogP contribution >= 0.6 is 0 Å². The average Bonchev–Trinajstić information content (AvgIpc) is 3.27. The summed E-state index contributed by atoms with van der Waals surface area (Å²) in [7, 11) is 1.53. The smallest absolute Gasteiger partial charge is 0.349 e. The van der Waals surface area contributed by atoms with Gasteiger partial charge in [0.05, 0.1) is 7.11 Å². The molecule has 11 heteroatoms. The number of halogens is 1. The Morgan fingerprint density at radius 3 is 2.63 bits per heavy atom. The molecule has 0 amide bonds. The fourth-order valence-electron chi connectivity index (χ4n) is 3.64. The quantitative estimate of drug-likeness (QED) is 0.235. The second-order valence-corrected chi connectivity index (χ2v) is 7.66. The first-order valence-electron chi connectivity index (χ1n) is 10.8. The number of nitrogen functional groups attached to an aromatic ring is 1. The maximum atomic E-state index is 12.7. The van der Waals surface area contributed by atoms with Gasteiger partial charge >= 0.3 is 5.69 Å². The van der Waals surface area contributed by atoms with E-state index in [1.54, 1.807) is 36.4 Å². The van der Waals surface area contributed by atoms with Crippen molar-refractivity contribution < 1.29 is 13.9 Å². The number of methoxy groups -OCH3 is 1. The van der Waals surface area contributed by atoms with E-state index in [2.05, 4.69) is 20.3 Å². The van der Waals surface area contributed by atoms with Crippen molar-refractivity contribution in [3.05, 3.63) is 93.8 Å². The lowest BCUT2D eigenvalue weighted by Gasteiger charge is -2.18. The molecule has 0 aliphatic heterocycles. The Labute approximate surface area is 200 Å². The summed E-state index contributed by atoms with van der Waals surface area (Å²) in [6, 6.07) is 15.8. The first-order chi connectivity index (χ1) is 17.0. The number of aromatic amines is 1. The Morgan fingerprint density at radius 1 is 1.20 bits per heavy atom. The van der Waals surface area contributed by atoms with Crippen LogP contribution in [0.3, 0.4) is 0 Å². The molecule has 0 bridgehead atoms. The molecule has 0 aliphatic rings. The zero-order valence-corrected chi connectivity index (χ0v) is 18.9. The van der Waals surface area contributed by atoms with E-state index in [0.717, 1.165) is 15.8 Å². The van der Waals surface area contributed by atoms with Crippen molar-refractivity contribution in [3.63, 3.8) is 0 Å². The molecule has 0 fully saturated rings. The van der Waals surface area contributed by atoms with E-state index in [1.807, 2.05) is 18.2 Å². The highest BCUT2D eigenvalue weighted by atomic mass is 19.1. The number of benzene rings is 2. The van der Waals surface area contributed by atoms with Crippen molar-refractivity contribution in [2.24, 2.45) is 5.73 Å². The first-order valence-corrected chi connectivity index (χ1v) is 10.8. The number of amidine groups is 1. The van der Waals surface area contributed by atoms with Crippen molar-refractivity contribution in [2.45, 2.75) is 12.3 Å². The molecule has 0 radical (unpaired) electrons. The van der Waals surface area contributed by atoms with E-state index >= 15 is 0 Å². The van der Waals surface area contributed by atoms with E-state index in [-0.39, 0.29) is 18.3 Å². The molecule has 35 heavy (non-hydrogen) atoms. The zero-order valence-electron chi connectivity index (χ0n) is 18.9. The van der Waals surface area contributed by atoms with Gasteiger partial charge in [-0.2, -0.15) is 9.78 Å². The molecule has 4 rings (SSSR count). The molecule has 1 atom stereocenters. The van der Waals surface area contributed by atoms with Gasteiger partial charge in [-0.05, 0) is 41.8 Å². The fourth-order valence-corrected chi connectivity index (χ4v) is 3.64. The van der Waals surface area contributed by atoms with Crippen LogP contribution in [0.25, 0.3) is 5.82 Å². The molecule has 10 nitrogen and oxygen atoms in total. The number of nitrogens with zero attached hydrogens (tertiary/aromatic N) is 4. The molecule has 0 saturated carbocycles. The summed E-state index contributed by atoms with van der Waals surface area (Å²) < 4.78 is 24.8. The minimum atomic E-state index is -0.631. The Kier molecular flexibility index (Phi) is 7.15. The maximum Gasteiger partial charge on any atom is 0.349 e. The monoisotopic (exact) mass is 477 g/mol. The SMILES string of the molecule is COc1cc(OCCF)cc(C(Cc2ccc(C(=N)N)cc2)c2nn(-c3cccnn3)c(=O)[nH]2)c1. The summed E-state index contributed by atoms with van der Waals surface area (Å²) in [4.78, 5) is 15.6. The highest BCUT2D eigenvalue weighted by molar-refractivity contribution is 5.94. The maximum absolute atomic E-state index is 12.7. The Balaban J connectivity index is 1.79. The van der Waals surface area contributed by atoms with Gasteiger partial charge in [0.2, 0.25) is 0 Å². The van der Waals surface area contributed by atoms with E-state index < -0.39 is 18.3 Å². The van der Waals surface area contributed by atoms with Gasteiger partial charge in [-0.25, -0.2) is 9.18 Å². The van der Waals surface area contributed by atoms with Crippen molar-refractivity contribution in [3.8, 4) is 17.3 Å². The number of nitrogens with two attached hydrogens (primary N) is 1. The number of alkyl halides is 1. The van der Waals surface area contributed by atoms with Gasteiger partial charge in [0, 0.05) is 23.7 Å². The number of ether oxygens (including phenoxy) is 2. The van der Waals surface area contributed by atoms with Crippen LogP contribution in [0.4, 0.5) is 4.39 Å². The highest BCUT2D eigenvalue weighted by Crippen LogP contribution is 2.32. The molecule has 2 aromatic heterocycles. The Bertz CT molecular complexity index is 1350. The predicted molar refractivity (Wildman–Crippen MR) is 127 cm³/mol. The van der Waals surface area contributed by atoms with Gasteiger partial charge in [-0.3, -0.25) is 10.4 Å². The number of rotatable bonds is 10. The summed E-state index contributed by atoms with van der Waals surface area (Å²) in [5, 5.41) is 19.9. The lowest BCUT2D eigenvalue weighted by molar-refractivity contribution is 0.271. The number of aromatic nitrogens is 5. The van der Waals surface area contributed by atoms with Crippen LogP contribution in [0.5, 0.6) is 11.5 Å². The second kappa shape index (κ2) is 10.6. The molecule has 0 aliphatic carbocycles. The van der Waals surface area contributed by atoms with Crippen LogP contribution in [0, 0.1) is 5.41 Å². The van der Waals surface area contributed by atoms with E-state index in [9.17, 15) is 9.18 Å². The number of hydrogen-bond donors (Lipinski definition) is 3. The minimum Gasteiger partial charge on any atom is -0.497 e. The van der Waals surface area contributed by atoms with Crippen LogP contribution < -0.4 is 20.9 Å². The number of nitrogens with one attached hydrogen (secondary N) is 2. The van der Waals surface area contributed by atoms with Gasteiger partial charge in [0.1, 0.15) is 36.4 Å². The minimum absolute atomic E-state index is 0.0254. The summed E-state index contributed by atoms with van der Waals surface area (Å²) in [6.07, 6.45) is 1.95. The molecule has 4 aromatic rings. The highest BCUT2D eigenvalue weighted by Gasteiger charge is 2.23. The topological polar surface area (TPSA) is 145 Å². The Hall–Kier alpha value is -4.54. The second-order valence-electron chi connectivity index (χ2n) is 7.66. The lowest BCUT2D eigenvalue weighted by atomic mass is 9.90. The van der Waals surface area contributed by atoms with E-state index in [4.69, 9.17) is 20.6 Å². The third kappa shape index (κ3) is 5.52. The summed E-state index contributed by atoms with van der Waals surface area (Å²) in [5.74, 6) is 1.17.